The molecule has 160 valence electrons. The molecule has 3 aromatic rings. The number of nitrogens with zero attached hydrogens (tertiary/aromatic N) is 2. The fourth-order valence-corrected chi connectivity index (χ4v) is 3.83. The van der Waals surface area contributed by atoms with Crippen LogP contribution in [0.1, 0.15) is 28.7 Å². The van der Waals surface area contributed by atoms with E-state index in [1.165, 1.54) is 0 Å². The second-order valence-electron chi connectivity index (χ2n) is 7.18. The second kappa shape index (κ2) is 9.13. The molecule has 31 heavy (non-hydrogen) atoms. The number of anilines is 1. The van der Waals surface area contributed by atoms with E-state index in [0.29, 0.717) is 35.4 Å². The van der Waals surface area contributed by atoms with Gasteiger partial charge < -0.3 is 19.9 Å². The molecule has 0 saturated carbocycles. The number of nitrogens with one attached hydrogen (secondary N) is 3. The monoisotopic (exact) mass is 437 g/mol. The predicted octanol–water partition coefficient (Wildman–Crippen LogP) is 2.88. The van der Waals surface area contributed by atoms with E-state index in [2.05, 4.69) is 20.8 Å². The van der Waals surface area contributed by atoms with Gasteiger partial charge in [-0.05, 0) is 49.0 Å². The number of aromatic nitrogens is 3. The van der Waals surface area contributed by atoms with Crippen molar-refractivity contribution in [1.29, 1.82) is 0 Å². The molecule has 0 saturated heterocycles. The molecule has 4 rings (SSSR count). The lowest BCUT2D eigenvalue weighted by Crippen LogP contribution is -2.31. The minimum absolute atomic E-state index is 0.224. The molecule has 1 aromatic heterocycles. The summed E-state index contributed by atoms with van der Waals surface area (Å²) in [4.78, 5) is 25.1. The summed E-state index contributed by atoms with van der Waals surface area (Å²) in [5, 5.41) is 12.7. The number of ether oxygens (including phenoxy) is 1. The smallest absolute Gasteiger partial charge is 0.265 e. The van der Waals surface area contributed by atoms with Crippen molar-refractivity contribution in [2.45, 2.75) is 32.4 Å². The molecule has 3 N–H and O–H groups in total. The summed E-state index contributed by atoms with van der Waals surface area (Å²) in [5.41, 5.74) is 2.02. The largest absolute Gasteiger partial charge is 0.480 e. The summed E-state index contributed by atoms with van der Waals surface area (Å²) in [6.07, 6.45) is 0.505. The summed E-state index contributed by atoms with van der Waals surface area (Å²) in [7, 11) is 0. The van der Waals surface area contributed by atoms with E-state index in [4.69, 9.17) is 17.0 Å². The SMILES string of the molecule is CCn1c(CCNC(=O)c2cccc(NC(=O)C3Cc4ccccc4O3)c2)n[nH]c1=S. The first-order valence-corrected chi connectivity index (χ1v) is 10.5. The first-order valence-electron chi connectivity index (χ1n) is 10.1. The zero-order chi connectivity index (χ0) is 21.8. The summed E-state index contributed by atoms with van der Waals surface area (Å²) < 4.78 is 8.19. The third kappa shape index (κ3) is 4.66. The second-order valence-corrected chi connectivity index (χ2v) is 7.57. The highest BCUT2D eigenvalue weighted by atomic mass is 32.1. The van der Waals surface area contributed by atoms with Crippen LogP contribution in [-0.4, -0.2) is 39.2 Å². The number of para-hydroxylation sites is 1. The fraction of sp³-hybridized carbons (Fsp3) is 0.273. The molecule has 1 aliphatic heterocycles. The zero-order valence-electron chi connectivity index (χ0n) is 17.1. The van der Waals surface area contributed by atoms with Crippen LogP contribution in [0, 0.1) is 4.77 Å². The highest BCUT2D eigenvalue weighted by Gasteiger charge is 2.28. The molecule has 2 heterocycles. The summed E-state index contributed by atoms with van der Waals surface area (Å²) in [6, 6.07) is 14.4. The van der Waals surface area contributed by atoms with Gasteiger partial charge in [-0.3, -0.25) is 14.7 Å². The third-order valence-corrected chi connectivity index (χ3v) is 5.43. The van der Waals surface area contributed by atoms with Crippen LogP contribution in [-0.2, 0) is 24.2 Å². The molecule has 0 fully saturated rings. The van der Waals surface area contributed by atoms with Gasteiger partial charge in [0.05, 0.1) is 0 Å². The van der Waals surface area contributed by atoms with Crippen LogP contribution < -0.4 is 15.4 Å². The van der Waals surface area contributed by atoms with E-state index < -0.39 is 6.10 Å². The zero-order valence-corrected chi connectivity index (χ0v) is 17.9. The van der Waals surface area contributed by atoms with E-state index in [0.717, 1.165) is 23.7 Å². The highest BCUT2D eigenvalue weighted by molar-refractivity contribution is 7.71. The fourth-order valence-electron chi connectivity index (χ4n) is 3.55. The number of carbonyl (C=O) groups is 2. The Hall–Kier alpha value is -3.46. The quantitative estimate of drug-likeness (QED) is 0.494. The maximum absolute atomic E-state index is 12.6. The van der Waals surface area contributed by atoms with Crippen molar-refractivity contribution >= 4 is 29.7 Å². The van der Waals surface area contributed by atoms with E-state index in [9.17, 15) is 9.59 Å². The maximum Gasteiger partial charge on any atom is 0.265 e. The number of carbonyl (C=O) groups excluding carboxylic acids is 2. The van der Waals surface area contributed by atoms with Crippen molar-refractivity contribution in [3.05, 3.63) is 70.3 Å². The number of amides is 2. The molecule has 0 aliphatic carbocycles. The van der Waals surface area contributed by atoms with Gasteiger partial charge in [0.1, 0.15) is 11.6 Å². The number of hydrogen-bond acceptors (Lipinski definition) is 5. The Morgan fingerprint density at radius 3 is 2.90 bits per heavy atom. The lowest BCUT2D eigenvalue weighted by atomic mass is 10.1. The lowest BCUT2D eigenvalue weighted by Gasteiger charge is -2.12. The Morgan fingerprint density at radius 2 is 2.10 bits per heavy atom. The van der Waals surface area contributed by atoms with E-state index in [1.54, 1.807) is 24.3 Å². The first-order chi connectivity index (χ1) is 15.0. The average molecular weight is 438 g/mol. The molecule has 0 radical (unpaired) electrons. The van der Waals surface area contributed by atoms with Gasteiger partial charge in [-0.25, -0.2) is 0 Å². The van der Waals surface area contributed by atoms with Crippen LogP contribution >= 0.6 is 12.2 Å². The van der Waals surface area contributed by atoms with Crippen molar-refractivity contribution in [1.82, 2.24) is 20.1 Å². The number of aromatic amines is 1. The summed E-state index contributed by atoms with van der Waals surface area (Å²) in [5.74, 6) is 1.07. The number of H-pyrrole nitrogens is 1. The number of rotatable bonds is 7. The van der Waals surface area contributed by atoms with Crippen LogP contribution in [0.15, 0.2) is 48.5 Å². The van der Waals surface area contributed by atoms with Crippen molar-refractivity contribution in [3.63, 3.8) is 0 Å². The molecule has 2 amide bonds. The highest BCUT2D eigenvalue weighted by Crippen LogP contribution is 2.28. The number of benzene rings is 2. The Balaban J connectivity index is 1.33. The molecule has 0 spiro atoms. The third-order valence-electron chi connectivity index (χ3n) is 5.12. The Kier molecular flexibility index (Phi) is 6.13. The van der Waals surface area contributed by atoms with E-state index >= 15 is 0 Å². The number of hydrogen-bond donors (Lipinski definition) is 3. The van der Waals surface area contributed by atoms with Gasteiger partial charge in [0.15, 0.2) is 10.9 Å². The normalized spacial score (nSPS) is 14.5. The van der Waals surface area contributed by atoms with Gasteiger partial charge in [-0.1, -0.05) is 24.3 Å². The predicted molar refractivity (Wildman–Crippen MR) is 119 cm³/mol. The standard InChI is InChI=1S/C22H23N5O3S/c1-2-27-19(25-26-22(27)31)10-11-23-20(28)15-7-5-8-16(12-15)24-21(29)18-13-14-6-3-4-9-17(14)30-18/h3-9,12,18H,2,10-11,13H2,1H3,(H,23,28)(H,24,29)(H,26,31). The first kappa shape index (κ1) is 20.8. The molecule has 9 heteroatoms. The maximum atomic E-state index is 12.6. The molecule has 8 nitrogen and oxygen atoms in total. The molecule has 1 aliphatic rings. The molecule has 0 bridgehead atoms. The molecular weight excluding hydrogens is 414 g/mol. The van der Waals surface area contributed by atoms with E-state index in [1.807, 2.05) is 35.8 Å². The van der Waals surface area contributed by atoms with Gasteiger partial charge >= 0.3 is 0 Å². The topological polar surface area (TPSA) is 101 Å². The number of fused-ring (bicyclic) bond motifs is 1. The Bertz CT molecular complexity index is 1140. The van der Waals surface area contributed by atoms with Crippen molar-refractivity contribution in [2.75, 3.05) is 11.9 Å². The minimum Gasteiger partial charge on any atom is -0.480 e. The lowest BCUT2D eigenvalue weighted by molar-refractivity contribution is -0.122. The average Bonchev–Trinajstić information content (AvgIpc) is 3.37. The van der Waals surface area contributed by atoms with Gasteiger partial charge in [-0.15, -0.1) is 0 Å². The van der Waals surface area contributed by atoms with Crippen LogP contribution in [0.25, 0.3) is 0 Å². The molecular formula is C22H23N5O3S. The van der Waals surface area contributed by atoms with Crippen molar-refractivity contribution in [2.24, 2.45) is 0 Å². The van der Waals surface area contributed by atoms with Crippen molar-refractivity contribution < 1.29 is 14.3 Å². The van der Waals surface area contributed by atoms with Gasteiger partial charge in [0, 0.05) is 37.2 Å². The van der Waals surface area contributed by atoms with Crippen LogP contribution in [0.3, 0.4) is 0 Å². The van der Waals surface area contributed by atoms with Crippen LogP contribution in [0.5, 0.6) is 5.75 Å². The summed E-state index contributed by atoms with van der Waals surface area (Å²) in [6.45, 7) is 3.13. The molecule has 1 atom stereocenters. The molecule has 1 unspecified atom stereocenters. The minimum atomic E-state index is -0.580. The van der Waals surface area contributed by atoms with Gasteiger partial charge in [0.2, 0.25) is 0 Å². The van der Waals surface area contributed by atoms with Gasteiger partial charge in [0.25, 0.3) is 11.8 Å². The van der Waals surface area contributed by atoms with Crippen LogP contribution in [0.4, 0.5) is 5.69 Å². The van der Waals surface area contributed by atoms with Crippen LogP contribution in [0.2, 0.25) is 0 Å². The van der Waals surface area contributed by atoms with E-state index in [-0.39, 0.29) is 11.8 Å². The molecule has 2 aromatic carbocycles. The Labute approximate surface area is 184 Å². The Morgan fingerprint density at radius 1 is 1.26 bits per heavy atom. The van der Waals surface area contributed by atoms with Gasteiger partial charge in [-0.2, -0.15) is 5.10 Å². The summed E-state index contributed by atoms with van der Waals surface area (Å²) >= 11 is 5.17. The van der Waals surface area contributed by atoms with Crippen molar-refractivity contribution in [3.8, 4) is 5.75 Å².